The van der Waals surface area contributed by atoms with E-state index in [4.69, 9.17) is 4.74 Å². The molecule has 1 aromatic carbocycles. The van der Waals surface area contributed by atoms with Crippen molar-refractivity contribution in [1.82, 2.24) is 0 Å². The zero-order chi connectivity index (χ0) is 6.81. The summed E-state index contributed by atoms with van der Waals surface area (Å²) < 4.78 is 5.42. The van der Waals surface area contributed by atoms with Crippen molar-refractivity contribution in [2.24, 2.45) is 0 Å². The van der Waals surface area contributed by atoms with Gasteiger partial charge in [0.15, 0.2) is 0 Å². The van der Waals surface area contributed by atoms with E-state index in [1.54, 1.807) is 0 Å². The number of halogens is 1. The van der Waals surface area contributed by atoms with Crippen LogP contribution in [0.4, 0.5) is 0 Å². The number of ether oxygens (including phenoxy) is 1. The van der Waals surface area contributed by atoms with Crippen LogP contribution in [0.1, 0.15) is 12.0 Å². The Morgan fingerprint density at radius 1 is 1.18 bits per heavy atom. The van der Waals surface area contributed by atoms with Crippen LogP contribution in [0.5, 0.6) is 5.75 Å². The number of hydrogen-bond donors (Lipinski definition) is 0. The molecule has 1 aromatic rings. The van der Waals surface area contributed by atoms with E-state index in [1.807, 2.05) is 12.1 Å². The highest BCUT2D eigenvalue weighted by molar-refractivity contribution is 8.93. The number of para-hydroxylation sites is 1. The summed E-state index contributed by atoms with van der Waals surface area (Å²) in [4.78, 5) is 0. The Morgan fingerprint density at radius 2 is 2.00 bits per heavy atom. The summed E-state index contributed by atoms with van der Waals surface area (Å²) in [6.07, 6.45) is 2.34. The molecule has 0 atom stereocenters. The van der Waals surface area contributed by atoms with Gasteiger partial charge in [-0.15, -0.1) is 17.0 Å². The number of aryl methyl sites for hydroxylation is 1. The number of hydrogen-bond acceptors (Lipinski definition) is 1. The lowest BCUT2D eigenvalue weighted by Gasteiger charge is -2.15. The second kappa shape index (κ2) is 3.77. The van der Waals surface area contributed by atoms with Gasteiger partial charge in [-0.3, -0.25) is 0 Å². The average molecular weight is 215 g/mol. The van der Waals surface area contributed by atoms with Crippen molar-refractivity contribution < 1.29 is 4.74 Å². The lowest BCUT2D eigenvalue weighted by molar-refractivity contribution is 0.288. The fourth-order valence-electron chi connectivity index (χ4n) is 1.30. The molecule has 0 fully saturated rings. The highest BCUT2D eigenvalue weighted by atomic mass is 79.9. The Balaban J connectivity index is 0.000000605. The zero-order valence-corrected chi connectivity index (χ0v) is 7.96. The first kappa shape index (κ1) is 8.60. The fraction of sp³-hybridized carbons (Fsp3) is 0.333. The number of rotatable bonds is 0. The molecule has 1 aliphatic heterocycles. The van der Waals surface area contributed by atoms with Gasteiger partial charge in [-0.2, -0.15) is 0 Å². The van der Waals surface area contributed by atoms with Crippen molar-refractivity contribution in [2.45, 2.75) is 12.8 Å². The predicted octanol–water partition coefficient (Wildman–Crippen LogP) is 2.59. The van der Waals surface area contributed by atoms with E-state index in [-0.39, 0.29) is 17.0 Å². The molecule has 0 saturated heterocycles. The molecule has 2 rings (SSSR count). The van der Waals surface area contributed by atoms with Crippen molar-refractivity contribution in [1.29, 1.82) is 0 Å². The summed E-state index contributed by atoms with van der Waals surface area (Å²) in [5, 5.41) is 0. The van der Waals surface area contributed by atoms with Gasteiger partial charge in [0.25, 0.3) is 0 Å². The second-order valence-electron chi connectivity index (χ2n) is 2.56. The summed E-state index contributed by atoms with van der Waals surface area (Å²) in [5.74, 6) is 1.08. The van der Waals surface area contributed by atoms with Crippen LogP contribution in [0.3, 0.4) is 0 Å². The SMILES string of the molecule is Br.c1ccc2c(c1)CCCO2. The van der Waals surface area contributed by atoms with Crippen LogP contribution in [-0.2, 0) is 6.42 Å². The third-order valence-corrected chi connectivity index (χ3v) is 1.82. The maximum atomic E-state index is 5.42. The van der Waals surface area contributed by atoms with Crippen LogP contribution < -0.4 is 4.74 Å². The standard InChI is InChI=1S/C9H10O.BrH/c1-2-6-9-8(4-1)5-3-7-10-9;/h1-2,4,6H,3,5,7H2;1H. The molecular formula is C9H11BrO. The quantitative estimate of drug-likeness (QED) is 0.646. The van der Waals surface area contributed by atoms with Gasteiger partial charge in [0.05, 0.1) is 6.61 Å². The molecule has 0 radical (unpaired) electrons. The summed E-state index contributed by atoms with van der Waals surface area (Å²) in [6, 6.07) is 8.25. The van der Waals surface area contributed by atoms with Crippen LogP contribution in [0, 0.1) is 0 Å². The molecular weight excluding hydrogens is 204 g/mol. The summed E-state index contributed by atoms with van der Waals surface area (Å²) in [6.45, 7) is 0.886. The molecule has 0 aliphatic carbocycles. The molecule has 60 valence electrons. The predicted molar refractivity (Wildman–Crippen MR) is 50.6 cm³/mol. The van der Waals surface area contributed by atoms with E-state index in [0.29, 0.717) is 0 Å². The van der Waals surface area contributed by atoms with Crippen LogP contribution in [0.15, 0.2) is 24.3 Å². The Labute approximate surface area is 77.1 Å². The summed E-state index contributed by atoms with van der Waals surface area (Å²) in [7, 11) is 0. The minimum atomic E-state index is 0. The Morgan fingerprint density at radius 3 is 2.82 bits per heavy atom. The largest absolute Gasteiger partial charge is 0.493 e. The lowest BCUT2D eigenvalue weighted by Crippen LogP contribution is -2.07. The van der Waals surface area contributed by atoms with E-state index in [2.05, 4.69) is 12.1 Å². The highest BCUT2D eigenvalue weighted by Crippen LogP contribution is 2.22. The van der Waals surface area contributed by atoms with E-state index >= 15 is 0 Å². The van der Waals surface area contributed by atoms with Gasteiger partial charge < -0.3 is 4.74 Å². The summed E-state index contributed by atoms with van der Waals surface area (Å²) >= 11 is 0. The van der Waals surface area contributed by atoms with Crippen LogP contribution in [0.25, 0.3) is 0 Å². The fourth-order valence-corrected chi connectivity index (χ4v) is 1.30. The van der Waals surface area contributed by atoms with E-state index in [9.17, 15) is 0 Å². The van der Waals surface area contributed by atoms with Crippen LogP contribution in [0.2, 0.25) is 0 Å². The second-order valence-corrected chi connectivity index (χ2v) is 2.56. The zero-order valence-electron chi connectivity index (χ0n) is 6.25. The molecule has 0 aromatic heterocycles. The van der Waals surface area contributed by atoms with Crippen LogP contribution >= 0.6 is 17.0 Å². The molecule has 1 nitrogen and oxygen atoms in total. The van der Waals surface area contributed by atoms with Crippen molar-refractivity contribution in [3.63, 3.8) is 0 Å². The molecule has 0 amide bonds. The molecule has 1 aliphatic rings. The van der Waals surface area contributed by atoms with Gasteiger partial charge in [-0.25, -0.2) is 0 Å². The Bertz CT molecular complexity index is 210. The van der Waals surface area contributed by atoms with Gasteiger partial charge in [-0.05, 0) is 24.5 Å². The number of benzene rings is 1. The van der Waals surface area contributed by atoms with Gasteiger partial charge in [0.2, 0.25) is 0 Å². The normalized spacial score (nSPS) is 14.2. The monoisotopic (exact) mass is 214 g/mol. The minimum absolute atomic E-state index is 0. The van der Waals surface area contributed by atoms with Gasteiger partial charge in [-0.1, -0.05) is 18.2 Å². The van der Waals surface area contributed by atoms with Crippen molar-refractivity contribution >= 4 is 17.0 Å². The Kier molecular flexibility index (Phi) is 2.94. The molecule has 0 unspecified atom stereocenters. The smallest absolute Gasteiger partial charge is 0.122 e. The minimum Gasteiger partial charge on any atom is -0.493 e. The van der Waals surface area contributed by atoms with Gasteiger partial charge in [0.1, 0.15) is 5.75 Å². The molecule has 0 spiro atoms. The highest BCUT2D eigenvalue weighted by Gasteiger charge is 2.06. The first-order valence-electron chi connectivity index (χ1n) is 3.67. The van der Waals surface area contributed by atoms with Crippen LogP contribution in [-0.4, -0.2) is 6.61 Å². The van der Waals surface area contributed by atoms with Crippen molar-refractivity contribution in [3.05, 3.63) is 29.8 Å². The molecule has 1 heterocycles. The first-order valence-corrected chi connectivity index (χ1v) is 3.67. The van der Waals surface area contributed by atoms with Crippen molar-refractivity contribution in [2.75, 3.05) is 6.61 Å². The molecule has 0 saturated carbocycles. The van der Waals surface area contributed by atoms with Gasteiger partial charge in [0, 0.05) is 0 Å². The van der Waals surface area contributed by atoms with E-state index in [1.165, 1.54) is 12.0 Å². The topological polar surface area (TPSA) is 9.23 Å². The first-order chi connectivity index (χ1) is 4.97. The summed E-state index contributed by atoms with van der Waals surface area (Å²) in [5.41, 5.74) is 1.36. The van der Waals surface area contributed by atoms with Crippen molar-refractivity contribution in [3.8, 4) is 5.75 Å². The Hall–Kier alpha value is -0.500. The molecule has 0 N–H and O–H groups in total. The van der Waals surface area contributed by atoms with Gasteiger partial charge >= 0.3 is 0 Å². The van der Waals surface area contributed by atoms with E-state index < -0.39 is 0 Å². The molecule has 0 bridgehead atoms. The maximum absolute atomic E-state index is 5.42. The number of fused-ring (bicyclic) bond motifs is 1. The third kappa shape index (κ3) is 1.74. The molecule has 2 heteroatoms. The third-order valence-electron chi connectivity index (χ3n) is 1.82. The van der Waals surface area contributed by atoms with E-state index in [0.717, 1.165) is 18.8 Å². The molecule has 11 heavy (non-hydrogen) atoms. The lowest BCUT2D eigenvalue weighted by atomic mass is 10.1. The average Bonchev–Trinajstić information content (AvgIpc) is 2.05. The maximum Gasteiger partial charge on any atom is 0.122 e.